The van der Waals surface area contributed by atoms with Crippen molar-refractivity contribution in [3.63, 3.8) is 0 Å². The molecule has 0 aliphatic heterocycles. The molecule has 2 rings (SSSR count). The van der Waals surface area contributed by atoms with Gasteiger partial charge in [-0.15, -0.1) is 0 Å². The predicted molar refractivity (Wildman–Crippen MR) is 73.3 cm³/mol. The summed E-state index contributed by atoms with van der Waals surface area (Å²) in [5, 5.41) is 3.50. The number of nitrogens with one attached hydrogen (secondary N) is 1. The Morgan fingerprint density at radius 1 is 1.47 bits per heavy atom. The largest absolute Gasteiger partial charge is 0.368 e. The van der Waals surface area contributed by atoms with Gasteiger partial charge in [-0.25, -0.2) is 4.39 Å². The minimum absolute atomic E-state index is 0.215. The number of carbonyl (C=O) groups excluding carboxylic acids is 1. The fourth-order valence-corrected chi connectivity index (χ4v) is 3.01. The molecule has 3 nitrogen and oxygen atoms in total. The fourth-order valence-electron chi connectivity index (χ4n) is 2.65. The number of carbonyl (C=O) groups is 1. The molecule has 19 heavy (non-hydrogen) atoms. The lowest BCUT2D eigenvalue weighted by Gasteiger charge is -2.32. The molecule has 0 aromatic heterocycles. The summed E-state index contributed by atoms with van der Waals surface area (Å²) < 4.78 is 13.1. The van der Waals surface area contributed by atoms with Gasteiger partial charge in [-0.3, -0.25) is 10.1 Å². The van der Waals surface area contributed by atoms with Crippen molar-refractivity contribution in [2.75, 3.05) is 0 Å². The molecule has 0 radical (unpaired) electrons. The number of hydrogen-bond donors (Lipinski definition) is 2. The summed E-state index contributed by atoms with van der Waals surface area (Å²) in [4.78, 5) is 11.9. The number of nitrogens with two attached hydrogens (primary N) is 1. The van der Waals surface area contributed by atoms with E-state index in [9.17, 15) is 9.18 Å². The second-order valence-electron chi connectivity index (χ2n) is 5.24. The highest BCUT2D eigenvalue weighted by atomic mass is 35.5. The van der Waals surface area contributed by atoms with Crippen LogP contribution in [0.3, 0.4) is 0 Å². The van der Waals surface area contributed by atoms with Crippen molar-refractivity contribution in [2.24, 2.45) is 5.73 Å². The number of halogens is 2. The van der Waals surface area contributed by atoms with Gasteiger partial charge in [0.2, 0.25) is 5.91 Å². The van der Waals surface area contributed by atoms with Crippen LogP contribution in [0.5, 0.6) is 0 Å². The minimum Gasteiger partial charge on any atom is -0.368 e. The first kappa shape index (κ1) is 14.3. The first-order chi connectivity index (χ1) is 8.93. The maximum atomic E-state index is 13.1. The second-order valence-corrected chi connectivity index (χ2v) is 5.65. The normalized spacial score (nSPS) is 19.3. The number of benzene rings is 1. The van der Waals surface area contributed by atoms with Crippen LogP contribution < -0.4 is 11.1 Å². The summed E-state index contributed by atoms with van der Waals surface area (Å²) in [5.74, 6) is -0.936. The van der Waals surface area contributed by atoms with E-state index in [1.807, 2.05) is 0 Å². The zero-order valence-corrected chi connectivity index (χ0v) is 11.6. The molecule has 1 aromatic carbocycles. The third-order valence-corrected chi connectivity index (χ3v) is 4.12. The van der Waals surface area contributed by atoms with Crippen molar-refractivity contribution in [3.05, 3.63) is 34.6 Å². The van der Waals surface area contributed by atoms with E-state index in [1.165, 1.54) is 18.2 Å². The van der Waals surface area contributed by atoms with E-state index in [1.54, 1.807) is 6.92 Å². The summed E-state index contributed by atoms with van der Waals surface area (Å²) in [5.41, 5.74) is 4.99. The Labute approximate surface area is 117 Å². The van der Waals surface area contributed by atoms with Gasteiger partial charge in [0.05, 0.1) is 0 Å². The third-order valence-electron chi connectivity index (χ3n) is 3.81. The monoisotopic (exact) mass is 284 g/mol. The molecular formula is C14H18ClFN2O. The molecule has 1 atom stereocenters. The maximum absolute atomic E-state index is 13.1. The SMILES string of the molecule is CC(NC1CCCC1)(C(N)=O)c1ccc(F)cc1Cl. The molecule has 3 N–H and O–H groups in total. The molecule has 0 bridgehead atoms. The number of rotatable bonds is 4. The lowest BCUT2D eigenvalue weighted by molar-refractivity contribution is -0.124. The Morgan fingerprint density at radius 3 is 2.63 bits per heavy atom. The standard InChI is InChI=1S/C14H18ClFN2O/c1-14(13(17)19,18-10-4-2-3-5-10)11-7-6-9(16)8-12(11)15/h6-8,10,18H,2-5H2,1H3,(H2,17,19). The highest BCUT2D eigenvalue weighted by Crippen LogP contribution is 2.31. The Hall–Kier alpha value is -1.13. The number of primary amides is 1. The average Bonchev–Trinajstić information content (AvgIpc) is 2.81. The van der Waals surface area contributed by atoms with Gasteiger partial charge in [0.25, 0.3) is 0 Å². The molecular weight excluding hydrogens is 267 g/mol. The van der Waals surface area contributed by atoms with E-state index >= 15 is 0 Å². The van der Waals surface area contributed by atoms with Crippen LogP contribution >= 0.6 is 11.6 Å². The van der Waals surface area contributed by atoms with Gasteiger partial charge in [-0.05, 0) is 31.9 Å². The highest BCUT2D eigenvalue weighted by molar-refractivity contribution is 6.31. The summed E-state index contributed by atoms with van der Waals surface area (Å²) in [6, 6.07) is 4.26. The molecule has 0 heterocycles. The van der Waals surface area contributed by atoms with Crippen LogP contribution in [0.1, 0.15) is 38.2 Å². The van der Waals surface area contributed by atoms with Crippen molar-refractivity contribution in [3.8, 4) is 0 Å². The van der Waals surface area contributed by atoms with E-state index in [4.69, 9.17) is 17.3 Å². The van der Waals surface area contributed by atoms with Crippen LogP contribution in [0.15, 0.2) is 18.2 Å². The highest BCUT2D eigenvalue weighted by Gasteiger charge is 2.37. The van der Waals surface area contributed by atoms with Crippen LogP contribution in [-0.2, 0) is 10.3 Å². The van der Waals surface area contributed by atoms with Crippen LogP contribution in [0.25, 0.3) is 0 Å². The molecule has 104 valence electrons. The molecule has 5 heteroatoms. The van der Waals surface area contributed by atoms with Gasteiger partial charge in [0, 0.05) is 16.6 Å². The lowest BCUT2D eigenvalue weighted by Crippen LogP contribution is -2.53. The quantitative estimate of drug-likeness (QED) is 0.893. The zero-order chi connectivity index (χ0) is 14.0. The van der Waals surface area contributed by atoms with Gasteiger partial charge in [0.15, 0.2) is 0 Å². The van der Waals surface area contributed by atoms with Crippen molar-refractivity contribution >= 4 is 17.5 Å². The topological polar surface area (TPSA) is 55.1 Å². The minimum atomic E-state index is -1.07. The predicted octanol–water partition coefficient (Wildman–Crippen LogP) is 2.71. The first-order valence-electron chi connectivity index (χ1n) is 6.46. The van der Waals surface area contributed by atoms with E-state index in [0.717, 1.165) is 25.7 Å². The molecule has 1 aromatic rings. The van der Waals surface area contributed by atoms with Crippen molar-refractivity contribution in [1.82, 2.24) is 5.32 Å². The van der Waals surface area contributed by atoms with E-state index in [2.05, 4.69) is 5.32 Å². The van der Waals surface area contributed by atoms with Crippen LogP contribution in [0.4, 0.5) is 4.39 Å². The third kappa shape index (κ3) is 2.90. The molecule has 1 fully saturated rings. The fraction of sp³-hybridized carbons (Fsp3) is 0.500. The van der Waals surface area contributed by atoms with Gasteiger partial charge in [0.1, 0.15) is 11.4 Å². The molecule has 1 saturated carbocycles. The molecule has 0 saturated heterocycles. The lowest BCUT2D eigenvalue weighted by atomic mass is 9.89. The van der Waals surface area contributed by atoms with Gasteiger partial charge in [-0.1, -0.05) is 30.5 Å². The smallest absolute Gasteiger partial charge is 0.242 e. The Kier molecular flexibility index (Phi) is 4.11. The van der Waals surface area contributed by atoms with Gasteiger partial charge >= 0.3 is 0 Å². The number of amides is 1. The van der Waals surface area contributed by atoms with Crippen molar-refractivity contribution < 1.29 is 9.18 Å². The molecule has 1 unspecified atom stereocenters. The Morgan fingerprint density at radius 2 is 2.11 bits per heavy atom. The average molecular weight is 285 g/mol. The summed E-state index contributed by atoms with van der Waals surface area (Å²) in [6.07, 6.45) is 4.32. The van der Waals surface area contributed by atoms with Crippen molar-refractivity contribution in [2.45, 2.75) is 44.2 Å². The van der Waals surface area contributed by atoms with Crippen LogP contribution in [0, 0.1) is 5.82 Å². The van der Waals surface area contributed by atoms with Crippen LogP contribution in [-0.4, -0.2) is 11.9 Å². The first-order valence-corrected chi connectivity index (χ1v) is 6.84. The van der Waals surface area contributed by atoms with E-state index < -0.39 is 17.3 Å². The Balaban J connectivity index is 2.34. The molecule has 1 aliphatic rings. The summed E-state index contributed by atoms with van der Waals surface area (Å²) in [7, 11) is 0. The van der Waals surface area contributed by atoms with E-state index in [-0.39, 0.29) is 11.1 Å². The Bertz CT molecular complexity index is 488. The zero-order valence-electron chi connectivity index (χ0n) is 10.9. The molecule has 1 aliphatic carbocycles. The molecule has 1 amide bonds. The summed E-state index contributed by atoms with van der Waals surface area (Å²) >= 11 is 6.06. The number of hydrogen-bond acceptors (Lipinski definition) is 2. The second kappa shape index (κ2) is 5.47. The summed E-state index contributed by atoms with van der Waals surface area (Å²) in [6.45, 7) is 1.70. The maximum Gasteiger partial charge on any atom is 0.242 e. The van der Waals surface area contributed by atoms with Gasteiger partial charge < -0.3 is 5.73 Å². The van der Waals surface area contributed by atoms with E-state index in [0.29, 0.717) is 5.56 Å². The van der Waals surface area contributed by atoms with Crippen LogP contribution in [0.2, 0.25) is 5.02 Å². The van der Waals surface area contributed by atoms with Crippen molar-refractivity contribution in [1.29, 1.82) is 0 Å². The molecule has 0 spiro atoms. The van der Waals surface area contributed by atoms with Gasteiger partial charge in [-0.2, -0.15) is 0 Å².